The van der Waals surface area contributed by atoms with E-state index in [2.05, 4.69) is 0 Å². The first kappa shape index (κ1) is 24.3. The fourth-order valence-electron chi connectivity index (χ4n) is 5.20. The van der Waals surface area contributed by atoms with E-state index in [0.29, 0.717) is 17.6 Å². The molecule has 0 saturated heterocycles. The molecule has 5 rings (SSSR count). The Morgan fingerprint density at radius 2 is 1.81 bits per heavy atom. The Labute approximate surface area is 206 Å². The summed E-state index contributed by atoms with van der Waals surface area (Å²) < 4.78 is 45.3. The Kier molecular flexibility index (Phi) is 5.50. The Hall–Kier alpha value is -4.35. The molecule has 4 aromatic rings. The third kappa shape index (κ3) is 3.62. The van der Waals surface area contributed by atoms with Crippen molar-refractivity contribution >= 4 is 17.0 Å². The second kappa shape index (κ2) is 8.36. The highest BCUT2D eigenvalue weighted by Gasteiger charge is 2.38. The minimum absolute atomic E-state index is 0.0174. The van der Waals surface area contributed by atoms with Crippen molar-refractivity contribution in [3.05, 3.63) is 96.2 Å². The molecule has 1 aliphatic carbocycles. The molecule has 1 atom stereocenters. The molecule has 0 fully saturated rings. The average molecular weight is 514 g/mol. The van der Waals surface area contributed by atoms with Crippen LogP contribution in [0.2, 0.25) is 0 Å². The molecule has 0 amide bonds. The fourth-order valence-corrected chi connectivity index (χ4v) is 5.20. The first-order chi connectivity index (χ1) is 17.5. The minimum Gasteiger partial charge on any atom is -0.477 e. The highest BCUT2D eigenvalue weighted by molar-refractivity contribution is 5.87. The van der Waals surface area contributed by atoms with Crippen LogP contribution in [0.1, 0.15) is 46.4 Å². The second-order valence-corrected chi connectivity index (χ2v) is 8.86. The van der Waals surface area contributed by atoms with Crippen LogP contribution in [0.5, 0.6) is 0 Å². The van der Waals surface area contributed by atoms with Crippen molar-refractivity contribution in [2.75, 3.05) is 0 Å². The lowest BCUT2D eigenvalue weighted by molar-refractivity contribution is -0.138. The number of rotatable bonds is 4. The van der Waals surface area contributed by atoms with Gasteiger partial charge in [-0.15, -0.1) is 0 Å². The van der Waals surface area contributed by atoms with E-state index in [1.807, 2.05) is 0 Å². The van der Waals surface area contributed by atoms with Gasteiger partial charge in [-0.25, -0.2) is 14.4 Å². The number of fused-ring (bicyclic) bond motifs is 2. The van der Waals surface area contributed by atoms with Crippen molar-refractivity contribution in [1.29, 1.82) is 0 Å². The molecule has 37 heavy (non-hydrogen) atoms. The number of carbonyl (C=O) groups is 1. The van der Waals surface area contributed by atoms with Crippen LogP contribution in [-0.2, 0) is 26.2 Å². The zero-order valence-corrected chi connectivity index (χ0v) is 19.7. The van der Waals surface area contributed by atoms with Crippen LogP contribution >= 0.6 is 0 Å². The molecule has 0 bridgehead atoms. The number of nitrogens with zero attached hydrogens (tertiary/aromatic N) is 4. The number of carboxylic acid groups (broad SMARTS) is 1. The van der Waals surface area contributed by atoms with E-state index in [9.17, 15) is 37.5 Å². The van der Waals surface area contributed by atoms with Gasteiger partial charge in [0.1, 0.15) is 5.56 Å². The summed E-state index contributed by atoms with van der Waals surface area (Å²) in [4.78, 5) is 51.3. The van der Waals surface area contributed by atoms with Gasteiger partial charge in [-0.1, -0.05) is 12.1 Å². The summed E-state index contributed by atoms with van der Waals surface area (Å²) in [6.45, 7) is 2.12. The number of halogens is 3. The van der Waals surface area contributed by atoms with Crippen LogP contribution in [0.25, 0.3) is 16.7 Å². The minimum atomic E-state index is -4.62. The Bertz CT molecular complexity index is 1770. The largest absolute Gasteiger partial charge is 0.477 e. The molecule has 1 N–H and O–H groups in total. The number of aryl methyl sites for hydroxylation is 2. The van der Waals surface area contributed by atoms with Crippen LogP contribution < -0.4 is 16.9 Å². The highest BCUT2D eigenvalue weighted by atomic mass is 19.4. The van der Waals surface area contributed by atoms with Gasteiger partial charge in [0.2, 0.25) is 0 Å². The lowest BCUT2D eigenvalue weighted by Gasteiger charge is -2.19. The summed E-state index contributed by atoms with van der Waals surface area (Å²) in [7, 11) is 1.60. The van der Waals surface area contributed by atoms with Crippen molar-refractivity contribution in [2.24, 2.45) is 7.05 Å². The molecular formula is C25H21F3N4O5. The van der Waals surface area contributed by atoms with Gasteiger partial charge in [-0.2, -0.15) is 13.2 Å². The molecule has 1 aliphatic rings. The van der Waals surface area contributed by atoms with Crippen LogP contribution in [0, 0.1) is 0 Å². The fraction of sp³-hybridized carbons (Fsp3) is 0.280. The van der Waals surface area contributed by atoms with Gasteiger partial charge in [0, 0.05) is 19.8 Å². The van der Waals surface area contributed by atoms with E-state index in [1.54, 1.807) is 20.0 Å². The Balaban J connectivity index is 1.77. The van der Waals surface area contributed by atoms with Crippen molar-refractivity contribution < 1.29 is 23.1 Å². The van der Waals surface area contributed by atoms with Gasteiger partial charge < -0.3 is 5.11 Å². The zero-order chi connectivity index (χ0) is 26.8. The molecule has 0 aliphatic heterocycles. The normalized spacial score (nSPS) is 15.3. The third-order valence-electron chi connectivity index (χ3n) is 6.93. The molecule has 0 saturated carbocycles. The maximum Gasteiger partial charge on any atom is 0.416 e. The Morgan fingerprint density at radius 3 is 2.46 bits per heavy atom. The van der Waals surface area contributed by atoms with Gasteiger partial charge in [0.25, 0.3) is 5.56 Å². The maximum absolute atomic E-state index is 13.6. The quantitative estimate of drug-likeness (QED) is 0.451. The van der Waals surface area contributed by atoms with Gasteiger partial charge in [0.05, 0.1) is 28.3 Å². The topological polar surface area (TPSA) is 108 Å². The average Bonchev–Trinajstić information content (AvgIpc) is 3.37. The number of aromatic carboxylic acids is 1. The van der Waals surface area contributed by atoms with E-state index in [1.165, 1.54) is 33.4 Å². The van der Waals surface area contributed by atoms with Gasteiger partial charge >= 0.3 is 23.5 Å². The number of alkyl halides is 3. The van der Waals surface area contributed by atoms with Gasteiger partial charge in [-0.3, -0.25) is 23.1 Å². The smallest absolute Gasteiger partial charge is 0.416 e. The van der Waals surface area contributed by atoms with Crippen molar-refractivity contribution in [1.82, 2.24) is 18.3 Å². The van der Waals surface area contributed by atoms with Crippen molar-refractivity contribution in [3.8, 4) is 5.69 Å². The molecule has 12 heteroatoms. The summed E-state index contributed by atoms with van der Waals surface area (Å²) in [6.07, 6.45) is -3.72. The number of benzene rings is 2. The van der Waals surface area contributed by atoms with Crippen molar-refractivity contribution in [3.63, 3.8) is 0 Å². The summed E-state index contributed by atoms with van der Waals surface area (Å²) in [5, 5.41) is 9.71. The predicted molar refractivity (Wildman–Crippen MR) is 128 cm³/mol. The molecule has 1 unspecified atom stereocenters. The van der Waals surface area contributed by atoms with Crippen molar-refractivity contribution in [2.45, 2.75) is 38.5 Å². The molecule has 2 heterocycles. The van der Waals surface area contributed by atoms with Crippen LogP contribution in [0.3, 0.4) is 0 Å². The van der Waals surface area contributed by atoms with E-state index in [4.69, 9.17) is 0 Å². The third-order valence-corrected chi connectivity index (χ3v) is 6.93. The molecule has 192 valence electrons. The number of imidazole rings is 1. The number of aromatic nitrogens is 4. The summed E-state index contributed by atoms with van der Waals surface area (Å²) >= 11 is 0. The van der Waals surface area contributed by atoms with E-state index < -0.39 is 40.6 Å². The van der Waals surface area contributed by atoms with E-state index in [0.717, 1.165) is 21.4 Å². The van der Waals surface area contributed by atoms with Crippen LogP contribution in [0.15, 0.2) is 57.0 Å². The summed E-state index contributed by atoms with van der Waals surface area (Å²) in [5.41, 5.74) is -2.41. The van der Waals surface area contributed by atoms with Gasteiger partial charge in [-0.05, 0) is 55.2 Å². The zero-order valence-electron chi connectivity index (χ0n) is 19.7. The first-order valence-corrected chi connectivity index (χ1v) is 11.5. The highest BCUT2D eigenvalue weighted by Crippen LogP contribution is 2.41. The van der Waals surface area contributed by atoms with E-state index >= 15 is 0 Å². The standard InChI is InChI=1S/C25H21F3N4O5/c1-3-30-20-11-13(7-9-19(20)29(2)23(30)36)31-12-16(22(34)35)21(33)32(24(31)37)18-10-8-14-15(18)5-4-6-17(14)25(26,27)28/h4-7,9,11-12,18H,3,8,10H2,1-2H3,(H,34,35). The predicted octanol–water partition coefficient (Wildman–Crippen LogP) is 2.93. The van der Waals surface area contributed by atoms with Crippen LogP contribution in [0.4, 0.5) is 13.2 Å². The summed E-state index contributed by atoms with van der Waals surface area (Å²) in [6, 6.07) is 7.14. The maximum atomic E-state index is 13.6. The molecule has 2 aromatic carbocycles. The van der Waals surface area contributed by atoms with Gasteiger partial charge in [0.15, 0.2) is 0 Å². The Morgan fingerprint density at radius 1 is 1.08 bits per heavy atom. The molecule has 2 aromatic heterocycles. The van der Waals surface area contributed by atoms with Crippen LogP contribution in [-0.4, -0.2) is 29.3 Å². The summed E-state index contributed by atoms with van der Waals surface area (Å²) in [5.74, 6) is -1.58. The SMILES string of the molecule is CCn1c(=O)n(C)c2ccc(-n3cc(C(=O)O)c(=O)n(C4CCc5c4cccc5C(F)(F)F)c3=O)cc21. The second-order valence-electron chi connectivity index (χ2n) is 8.86. The van der Waals surface area contributed by atoms with E-state index in [-0.39, 0.29) is 35.3 Å². The molecule has 9 nitrogen and oxygen atoms in total. The lowest BCUT2D eigenvalue weighted by Crippen LogP contribution is -2.43. The number of hydrogen-bond donors (Lipinski definition) is 1. The monoisotopic (exact) mass is 514 g/mol. The lowest BCUT2D eigenvalue weighted by atomic mass is 10.0. The molecular weight excluding hydrogens is 493 g/mol. The molecule has 0 spiro atoms. The number of hydrogen-bond acceptors (Lipinski definition) is 4. The first-order valence-electron chi connectivity index (χ1n) is 11.5. The molecule has 0 radical (unpaired) electrons. The number of carboxylic acids is 1.